The fourth-order valence-corrected chi connectivity index (χ4v) is 7.00. The quantitative estimate of drug-likeness (QED) is 0.582. The van der Waals surface area contributed by atoms with E-state index in [2.05, 4.69) is 0 Å². The summed E-state index contributed by atoms with van der Waals surface area (Å²) in [6.45, 7) is 10.2. The Kier molecular flexibility index (Phi) is 6.76. The lowest BCUT2D eigenvalue weighted by Gasteiger charge is -2.42. The van der Waals surface area contributed by atoms with Gasteiger partial charge in [-0.15, -0.1) is 0 Å². The lowest BCUT2D eigenvalue weighted by Crippen LogP contribution is -2.60. The number of para-hydroxylation sites is 1. The number of benzene rings is 1. The summed E-state index contributed by atoms with van der Waals surface area (Å²) in [7, 11) is 0. The summed E-state index contributed by atoms with van der Waals surface area (Å²) >= 11 is 0. The van der Waals surface area contributed by atoms with Gasteiger partial charge in [0.25, 0.3) is 0 Å². The first kappa shape index (κ1) is 26.6. The molecule has 2 fully saturated rings. The Hall–Kier alpha value is -2.97. The smallest absolute Gasteiger partial charge is 0.249 e. The van der Waals surface area contributed by atoms with Crippen LogP contribution in [0.25, 0.3) is 0 Å². The Labute approximate surface area is 224 Å². The largest absolute Gasteiger partial charge is 0.394 e. The molecule has 4 heterocycles. The number of anilines is 1. The van der Waals surface area contributed by atoms with E-state index in [1.54, 1.807) is 14.7 Å². The molecule has 2 saturated heterocycles. The topological polar surface area (TPSA) is 90.4 Å². The van der Waals surface area contributed by atoms with Gasteiger partial charge in [-0.05, 0) is 38.3 Å². The molecule has 0 bridgehead atoms. The molecule has 1 aromatic carbocycles. The van der Waals surface area contributed by atoms with Crippen molar-refractivity contribution in [2.45, 2.75) is 70.4 Å². The highest BCUT2D eigenvalue weighted by atomic mass is 16.5. The van der Waals surface area contributed by atoms with Gasteiger partial charge in [-0.3, -0.25) is 14.4 Å². The summed E-state index contributed by atoms with van der Waals surface area (Å²) in [6, 6.07) is 7.80. The Morgan fingerprint density at radius 1 is 0.947 bits per heavy atom. The molecule has 4 aliphatic rings. The predicted molar refractivity (Wildman–Crippen MR) is 144 cm³/mol. The highest BCUT2D eigenvalue weighted by Gasteiger charge is 2.76. The number of aliphatic hydroxyl groups is 1. The maximum absolute atomic E-state index is 14.5. The van der Waals surface area contributed by atoms with Crippen LogP contribution < -0.4 is 4.90 Å². The molecule has 0 aliphatic carbocycles. The summed E-state index contributed by atoms with van der Waals surface area (Å²) < 4.78 is 6.99. The van der Waals surface area contributed by atoms with Gasteiger partial charge in [0, 0.05) is 24.8 Å². The summed E-state index contributed by atoms with van der Waals surface area (Å²) in [5.41, 5.74) is -1.60. The van der Waals surface area contributed by atoms with Crippen LogP contribution in [0.3, 0.4) is 0 Å². The van der Waals surface area contributed by atoms with Gasteiger partial charge in [-0.1, -0.05) is 63.3 Å². The monoisotopic (exact) mass is 521 g/mol. The van der Waals surface area contributed by atoms with Crippen molar-refractivity contribution < 1.29 is 24.2 Å². The minimum absolute atomic E-state index is 0.0907. The van der Waals surface area contributed by atoms with Crippen molar-refractivity contribution in [3.63, 3.8) is 0 Å². The molecule has 1 N–H and O–H groups in total. The molecule has 8 heteroatoms. The number of fused-ring (bicyclic) bond motifs is 2. The second-order valence-electron chi connectivity index (χ2n) is 11.5. The first-order chi connectivity index (χ1) is 18.1. The van der Waals surface area contributed by atoms with Crippen LogP contribution >= 0.6 is 0 Å². The SMILES string of the molecule is CC[C@]12C=CCN(c3ccccc3)C(=O)[C@H]1[C@H]1C(=O)N([C@@H](CO)C(C)C)C3C(=O)N(C(C)C)CC=C[C@@]31O2. The number of aliphatic hydroxyl groups excluding tert-OH is 1. The van der Waals surface area contributed by atoms with Crippen LogP contribution in [0.2, 0.25) is 0 Å². The predicted octanol–water partition coefficient (Wildman–Crippen LogP) is 2.77. The van der Waals surface area contributed by atoms with E-state index < -0.39 is 35.1 Å². The molecule has 0 radical (unpaired) electrons. The lowest BCUT2D eigenvalue weighted by molar-refractivity contribution is -0.157. The van der Waals surface area contributed by atoms with Crippen molar-refractivity contribution in [3.8, 4) is 0 Å². The minimum Gasteiger partial charge on any atom is -0.394 e. The van der Waals surface area contributed by atoms with Crippen LogP contribution in [0.1, 0.15) is 41.0 Å². The van der Waals surface area contributed by atoms with Crippen LogP contribution in [0, 0.1) is 17.8 Å². The zero-order valence-corrected chi connectivity index (χ0v) is 22.9. The third-order valence-corrected chi connectivity index (χ3v) is 8.91. The molecule has 5 rings (SSSR count). The molecule has 204 valence electrons. The number of carbonyl (C=O) groups excluding carboxylic acids is 3. The number of rotatable bonds is 6. The molecule has 1 spiro atoms. The first-order valence-electron chi connectivity index (χ1n) is 13.8. The molecule has 1 aromatic rings. The van der Waals surface area contributed by atoms with E-state index in [1.807, 2.05) is 89.3 Å². The molecule has 6 atom stereocenters. The Bertz CT molecular complexity index is 1160. The van der Waals surface area contributed by atoms with Crippen molar-refractivity contribution >= 4 is 23.4 Å². The van der Waals surface area contributed by atoms with Gasteiger partial charge in [-0.25, -0.2) is 0 Å². The van der Waals surface area contributed by atoms with E-state index in [4.69, 9.17) is 4.74 Å². The fraction of sp³-hybridized carbons (Fsp3) is 0.567. The maximum Gasteiger partial charge on any atom is 0.249 e. The maximum atomic E-state index is 14.5. The average molecular weight is 522 g/mol. The summed E-state index contributed by atoms with van der Waals surface area (Å²) in [5.74, 6) is -2.51. The number of hydrogen-bond acceptors (Lipinski definition) is 5. The summed E-state index contributed by atoms with van der Waals surface area (Å²) in [6.07, 6.45) is 8.13. The molecule has 0 saturated carbocycles. The van der Waals surface area contributed by atoms with E-state index in [0.29, 0.717) is 19.5 Å². The Balaban J connectivity index is 1.71. The third kappa shape index (κ3) is 3.67. The lowest BCUT2D eigenvalue weighted by atomic mass is 9.73. The normalized spacial score (nSPS) is 33.5. The molecule has 0 aromatic heterocycles. The van der Waals surface area contributed by atoms with Crippen molar-refractivity contribution in [3.05, 3.63) is 54.6 Å². The number of hydrogen-bond donors (Lipinski definition) is 1. The molecule has 8 nitrogen and oxygen atoms in total. The average Bonchev–Trinajstić information content (AvgIpc) is 3.17. The number of carbonyl (C=O) groups is 3. The third-order valence-electron chi connectivity index (χ3n) is 8.91. The van der Waals surface area contributed by atoms with Crippen molar-refractivity contribution in [2.75, 3.05) is 24.6 Å². The van der Waals surface area contributed by atoms with E-state index in [1.165, 1.54) is 0 Å². The number of likely N-dealkylation sites (tertiary alicyclic amines) is 1. The standard InChI is InChI=1S/C30H39N3O5/c1-6-29-14-10-17-32(21-12-8-7-9-13-21)26(35)23(29)24-27(36)33(22(18-34)19(2)3)25-28(37)31(20(4)5)16-11-15-30(24,25)38-29/h7-15,19-20,22-25,34H,6,16-18H2,1-5H3/t22-,23+,24-,25?,29-,30-/m0/s1. The molecule has 38 heavy (non-hydrogen) atoms. The van der Waals surface area contributed by atoms with Crippen LogP contribution in [0.5, 0.6) is 0 Å². The minimum atomic E-state index is -1.32. The van der Waals surface area contributed by atoms with Crippen LogP contribution in [0.15, 0.2) is 54.6 Å². The summed E-state index contributed by atoms with van der Waals surface area (Å²) in [5, 5.41) is 10.4. The van der Waals surface area contributed by atoms with Gasteiger partial charge in [0.1, 0.15) is 11.6 Å². The number of amides is 3. The highest BCUT2D eigenvalue weighted by molar-refractivity contribution is 6.04. The first-order valence-corrected chi connectivity index (χ1v) is 13.8. The van der Waals surface area contributed by atoms with Crippen LogP contribution in [0.4, 0.5) is 5.69 Å². The van der Waals surface area contributed by atoms with Crippen molar-refractivity contribution in [1.82, 2.24) is 9.80 Å². The second kappa shape index (κ2) is 9.65. The van der Waals surface area contributed by atoms with E-state index in [9.17, 15) is 19.5 Å². The highest BCUT2D eigenvalue weighted by Crippen LogP contribution is 2.59. The van der Waals surface area contributed by atoms with Crippen molar-refractivity contribution in [1.29, 1.82) is 0 Å². The molecular weight excluding hydrogens is 482 g/mol. The second-order valence-corrected chi connectivity index (χ2v) is 11.5. The molecule has 3 amide bonds. The van der Waals surface area contributed by atoms with E-state index in [0.717, 1.165) is 5.69 Å². The molecule has 4 aliphatic heterocycles. The number of nitrogens with zero attached hydrogens (tertiary/aromatic N) is 3. The zero-order valence-electron chi connectivity index (χ0n) is 22.9. The van der Waals surface area contributed by atoms with Crippen molar-refractivity contribution in [2.24, 2.45) is 17.8 Å². The summed E-state index contributed by atoms with van der Waals surface area (Å²) in [4.78, 5) is 48.2. The fourth-order valence-electron chi connectivity index (χ4n) is 7.00. The van der Waals surface area contributed by atoms with Gasteiger partial charge < -0.3 is 24.5 Å². The van der Waals surface area contributed by atoms with Gasteiger partial charge >= 0.3 is 0 Å². The Morgan fingerprint density at radius 2 is 1.63 bits per heavy atom. The van der Waals surface area contributed by atoms with E-state index in [-0.39, 0.29) is 36.3 Å². The van der Waals surface area contributed by atoms with Gasteiger partial charge in [-0.2, -0.15) is 0 Å². The van der Waals surface area contributed by atoms with E-state index >= 15 is 0 Å². The van der Waals surface area contributed by atoms with Gasteiger partial charge in [0.2, 0.25) is 17.7 Å². The Morgan fingerprint density at radius 3 is 2.24 bits per heavy atom. The molecular formula is C30H39N3O5. The molecule has 1 unspecified atom stereocenters. The van der Waals surface area contributed by atoms with Gasteiger partial charge in [0.15, 0.2) is 0 Å². The van der Waals surface area contributed by atoms with Gasteiger partial charge in [0.05, 0.1) is 30.1 Å². The number of ether oxygens (including phenoxy) is 1. The van der Waals surface area contributed by atoms with Crippen LogP contribution in [-0.4, -0.2) is 81.7 Å². The zero-order chi connectivity index (χ0) is 27.4. The van der Waals surface area contributed by atoms with Crippen LogP contribution in [-0.2, 0) is 19.1 Å².